The second-order valence-electron chi connectivity index (χ2n) is 4.30. The van der Waals surface area contributed by atoms with Crippen LogP contribution in [0, 0.1) is 5.82 Å². The average molecular weight is 254 g/mol. The van der Waals surface area contributed by atoms with Gasteiger partial charge in [0.2, 0.25) is 0 Å². The molecule has 0 saturated heterocycles. The highest BCUT2D eigenvalue weighted by Gasteiger charge is 2.22. The van der Waals surface area contributed by atoms with Crippen molar-refractivity contribution in [1.82, 2.24) is 5.32 Å². The third-order valence-electron chi connectivity index (χ3n) is 3.05. The molecule has 0 saturated carbocycles. The Labute approximate surface area is 106 Å². The quantitative estimate of drug-likeness (QED) is 0.793. The normalized spacial score (nSPS) is 19.1. The molecule has 0 aromatic heterocycles. The number of nitrogens with two attached hydrogens (primary N) is 1. The number of rotatable bonds is 5. The predicted octanol–water partition coefficient (Wildman–Crippen LogP) is 2.69. The van der Waals surface area contributed by atoms with E-state index in [0.29, 0.717) is 6.04 Å². The van der Waals surface area contributed by atoms with Crippen LogP contribution in [0.15, 0.2) is 23.1 Å². The molecule has 2 nitrogen and oxygen atoms in total. The smallest absolute Gasteiger partial charge is 0.137 e. The number of hydrogen-bond acceptors (Lipinski definition) is 3. The Morgan fingerprint density at radius 2 is 2.29 bits per heavy atom. The number of fused-ring (bicyclic) bond motifs is 1. The number of hydrogen-bond donors (Lipinski definition) is 2. The maximum Gasteiger partial charge on any atom is 0.137 e. The van der Waals surface area contributed by atoms with E-state index in [4.69, 9.17) is 5.73 Å². The van der Waals surface area contributed by atoms with Crippen LogP contribution in [-0.4, -0.2) is 18.8 Å². The van der Waals surface area contributed by atoms with Crippen LogP contribution in [0.25, 0.3) is 0 Å². The maximum atomic E-state index is 13.6. The van der Waals surface area contributed by atoms with Crippen molar-refractivity contribution in [2.24, 2.45) is 5.73 Å². The fourth-order valence-corrected chi connectivity index (χ4v) is 3.28. The van der Waals surface area contributed by atoms with Gasteiger partial charge in [0.05, 0.1) is 0 Å². The van der Waals surface area contributed by atoms with Gasteiger partial charge in [-0.3, -0.25) is 0 Å². The summed E-state index contributed by atoms with van der Waals surface area (Å²) in [5, 5.41) is 3.50. The molecule has 0 aliphatic carbocycles. The van der Waals surface area contributed by atoms with Crippen LogP contribution in [0.3, 0.4) is 0 Å². The van der Waals surface area contributed by atoms with Crippen LogP contribution in [-0.2, 0) is 0 Å². The SMILES string of the molecule is NCCCCNC1CCSc2c(F)cccc21. The number of halogens is 1. The van der Waals surface area contributed by atoms with E-state index in [-0.39, 0.29) is 5.82 Å². The summed E-state index contributed by atoms with van der Waals surface area (Å²) in [5.74, 6) is 0.906. The Morgan fingerprint density at radius 3 is 3.12 bits per heavy atom. The second-order valence-corrected chi connectivity index (χ2v) is 5.40. The number of thioether (sulfide) groups is 1. The Balaban J connectivity index is 1.99. The largest absolute Gasteiger partial charge is 0.330 e. The van der Waals surface area contributed by atoms with E-state index < -0.39 is 0 Å². The topological polar surface area (TPSA) is 38.0 Å². The van der Waals surface area contributed by atoms with Gasteiger partial charge >= 0.3 is 0 Å². The molecule has 0 fully saturated rings. The molecule has 0 radical (unpaired) electrons. The zero-order valence-electron chi connectivity index (χ0n) is 9.92. The van der Waals surface area contributed by atoms with Gasteiger partial charge in [0, 0.05) is 10.9 Å². The van der Waals surface area contributed by atoms with Crippen LogP contribution >= 0.6 is 11.8 Å². The van der Waals surface area contributed by atoms with Crippen LogP contribution in [0.2, 0.25) is 0 Å². The van der Waals surface area contributed by atoms with Crippen molar-refractivity contribution in [3.63, 3.8) is 0 Å². The van der Waals surface area contributed by atoms with Crippen molar-refractivity contribution < 1.29 is 4.39 Å². The summed E-state index contributed by atoms with van der Waals surface area (Å²) in [4.78, 5) is 0.829. The molecule has 1 atom stereocenters. The number of unbranched alkanes of at least 4 members (excludes halogenated alkanes) is 1. The summed E-state index contributed by atoms with van der Waals surface area (Å²) in [6.07, 6.45) is 3.21. The van der Waals surface area contributed by atoms with Gasteiger partial charge in [0.15, 0.2) is 0 Å². The Kier molecular flexibility index (Phi) is 4.83. The number of benzene rings is 1. The average Bonchev–Trinajstić information content (AvgIpc) is 2.36. The molecule has 1 aromatic carbocycles. The Morgan fingerprint density at radius 1 is 1.41 bits per heavy atom. The van der Waals surface area contributed by atoms with Crippen LogP contribution in [0.5, 0.6) is 0 Å². The standard InChI is InChI=1S/C13H19FN2S/c14-11-5-3-4-10-12(6-9-17-13(10)11)16-8-2-1-7-15/h3-5,12,16H,1-2,6-9,15H2. The van der Waals surface area contributed by atoms with Crippen molar-refractivity contribution in [1.29, 1.82) is 0 Å². The van der Waals surface area contributed by atoms with E-state index in [1.54, 1.807) is 23.9 Å². The van der Waals surface area contributed by atoms with E-state index in [9.17, 15) is 4.39 Å². The lowest BCUT2D eigenvalue weighted by Crippen LogP contribution is -2.26. The molecule has 0 amide bonds. The summed E-state index contributed by atoms with van der Waals surface area (Å²) in [6, 6.07) is 5.68. The summed E-state index contributed by atoms with van der Waals surface area (Å²) in [7, 11) is 0. The fraction of sp³-hybridized carbons (Fsp3) is 0.538. The molecule has 1 unspecified atom stereocenters. The first-order valence-electron chi connectivity index (χ1n) is 6.17. The highest BCUT2D eigenvalue weighted by Crippen LogP contribution is 2.37. The lowest BCUT2D eigenvalue weighted by atomic mass is 10.0. The zero-order chi connectivity index (χ0) is 12.1. The summed E-state index contributed by atoms with van der Waals surface area (Å²) in [5.41, 5.74) is 6.58. The fourth-order valence-electron chi connectivity index (χ4n) is 2.14. The molecule has 1 aromatic rings. The maximum absolute atomic E-state index is 13.6. The van der Waals surface area contributed by atoms with Crippen LogP contribution < -0.4 is 11.1 Å². The van der Waals surface area contributed by atoms with E-state index in [1.165, 1.54) is 0 Å². The predicted molar refractivity (Wildman–Crippen MR) is 70.8 cm³/mol. The van der Waals surface area contributed by atoms with Crippen molar-refractivity contribution in [3.05, 3.63) is 29.6 Å². The molecule has 17 heavy (non-hydrogen) atoms. The number of nitrogens with one attached hydrogen (secondary N) is 1. The zero-order valence-corrected chi connectivity index (χ0v) is 10.7. The van der Waals surface area contributed by atoms with Gasteiger partial charge in [-0.25, -0.2) is 4.39 Å². The summed E-state index contributed by atoms with van der Waals surface area (Å²) < 4.78 is 13.6. The minimum atomic E-state index is -0.0824. The lowest BCUT2D eigenvalue weighted by Gasteiger charge is -2.26. The third-order valence-corrected chi connectivity index (χ3v) is 4.21. The van der Waals surface area contributed by atoms with Crippen molar-refractivity contribution in [2.45, 2.75) is 30.2 Å². The summed E-state index contributed by atoms with van der Waals surface area (Å²) in [6.45, 7) is 1.70. The van der Waals surface area contributed by atoms with E-state index >= 15 is 0 Å². The highest BCUT2D eigenvalue weighted by atomic mass is 32.2. The second kappa shape index (κ2) is 6.38. The van der Waals surface area contributed by atoms with Crippen LogP contribution in [0.4, 0.5) is 4.39 Å². The first-order chi connectivity index (χ1) is 8.33. The van der Waals surface area contributed by atoms with E-state index in [2.05, 4.69) is 5.32 Å². The molecule has 4 heteroatoms. The van der Waals surface area contributed by atoms with Gasteiger partial charge in [-0.1, -0.05) is 12.1 Å². The van der Waals surface area contributed by atoms with E-state index in [1.807, 2.05) is 6.07 Å². The van der Waals surface area contributed by atoms with E-state index in [0.717, 1.165) is 48.6 Å². The van der Waals surface area contributed by atoms with Crippen molar-refractivity contribution in [3.8, 4) is 0 Å². The monoisotopic (exact) mass is 254 g/mol. The van der Waals surface area contributed by atoms with Gasteiger partial charge in [-0.15, -0.1) is 11.8 Å². The molecule has 1 aliphatic heterocycles. The van der Waals surface area contributed by atoms with Gasteiger partial charge in [-0.2, -0.15) is 0 Å². The molecule has 1 heterocycles. The van der Waals surface area contributed by atoms with Gasteiger partial charge in [0.1, 0.15) is 5.82 Å². The molecule has 1 aliphatic rings. The minimum absolute atomic E-state index is 0.0824. The molecular formula is C13H19FN2S. The molecular weight excluding hydrogens is 235 g/mol. The lowest BCUT2D eigenvalue weighted by molar-refractivity contribution is 0.486. The molecule has 0 bridgehead atoms. The Bertz CT molecular complexity index is 370. The molecule has 3 N–H and O–H groups in total. The minimum Gasteiger partial charge on any atom is -0.330 e. The van der Waals surface area contributed by atoms with Gasteiger partial charge < -0.3 is 11.1 Å². The summed E-state index contributed by atoms with van der Waals surface area (Å²) >= 11 is 1.63. The van der Waals surface area contributed by atoms with Crippen molar-refractivity contribution in [2.75, 3.05) is 18.8 Å². The highest BCUT2D eigenvalue weighted by molar-refractivity contribution is 7.99. The molecule has 0 spiro atoms. The van der Waals surface area contributed by atoms with Gasteiger partial charge in [-0.05, 0) is 49.7 Å². The molecule has 2 rings (SSSR count). The third kappa shape index (κ3) is 3.21. The van der Waals surface area contributed by atoms with Crippen LogP contribution in [0.1, 0.15) is 30.9 Å². The van der Waals surface area contributed by atoms with Crippen molar-refractivity contribution >= 4 is 11.8 Å². The first kappa shape index (κ1) is 12.9. The molecule has 94 valence electrons. The first-order valence-corrected chi connectivity index (χ1v) is 7.16. The Hall–Kier alpha value is -0.580. The van der Waals surface area contributed by atoms with Gasteiger partial charge in [0.25, 0.3) is 0 Å².